The molecule has 0 spiro atoms. The Morgan fingerprint density at radius 2 is 2.21 bits per heavy atom. The van der Waals surface area contributed by atoms with E-state index in [0.29, 0.717) is 30.5 Å². The van der Waals surface area contributed by atoms with Gasteiger partial charge in [0.25, 0.3) is 0 Å². The summed E-state index contributed by atoms with van der Waals surface area (Å²) in [6, 6.07) is 3.68. The molecular formula is C20H27N5O3S. The molecule has 1 aliphatic carbocycles. The molecule has 9 heteroatoms. The molecule has 2 aromatic heterocycles. The van der Waals surface area contributed by atoms with Gasteiger partial charge in [0.2, 0.25) is 11.8 Å². The molecule has 0 radical (unpaired) electrons. The van der Waals surface area contributed by atoms with E-state index in [4.69, 9.17) is 10.2 Å². The van der Waals surface area contributed by atoms with Crippen LogP contribution in [-0.4, -0.2) is 43.8 Å². The first-order valence-electron chi connectivity index (χ1n) is 9.93. The summed E-state index contributed by atoms with van der Waals surface area (Å²) in [4.78, 5) is 25.9. The number of primary amides is 1. The first-order chi connectivity index (χ1) is 14.1. The highest BCUT2D eigenvalue weighted by Crippen LogP contribution is 2.24. The first kappa shape index (κ1) is 21.2. The maximum absolute atomic E-state index is 12.8. The number of thioether (sulfide) groups is 1. The molecule has 0 fully saturated rings. The Hall–Kier alpha value is -2.55. The van der Waals surface area contributed by atoms with Gasteiger partial charge in [-0.25, -0.2) is 0 Å². The Labute approximate surface area is 174 Å². The Bertz CT molecular complexity index is 860. The van der Waals surface area contributed by atoms with E-state index in [1.807, 2.05) is 28.5 Å². The van der Waals surface area contributed by atoms with Gasteiger partial charge in [-0.3, -0.25) is 14.2 Å². The van der Waals surface area contributed by atoms with Crippen LogP contribution < -0.4 is 5.73 Å². The second-order valence-electron chi connectivity index (χ2n) is 6.90. The van der Waals surface area contributed by atoms with E-state index in [2.05, 4.69) is 16.3 Å². The quantitative estimate of drug-likeness (QED) is 0.596. The molecular weight excluding hydrogens is 390 g/mol. The number of amides is 2. The van der Waals surface area contributed by atoms with Crippen LogP contribution in [0.4, 0.5) is 0 Å². The van der Waals surface area contributed by atoms with Crippen molar-refractivity contribution in [1.29, 1.82) is 0 Å². The molecule has 2 aromatic rings. The number of carbonyl (C=O) groups is 2. The van der Waals surface area contributed by atoms with Gasteiger partial charge in [0.05, 0.1) is 18.6 Å². The van der Waals surface area contributed by atoms with Gasteiger partial charge in [0.1, 0.15) is 11.6 Å². The highest BCUT2D eigenvalue weighted by atomic mass is 32.2. The van der Waals surface area contributed by atoms with Crippen LogP contribution in [-0.2, 0) is 22.6 Å². The van der Waals surface area contributed by atoms with Crippen molar-refractivity contribution < 1.29 is 14.0 Å². The Morgan fingerprint density at radius 1 is 1.34 bits per heavy atom. The van der Waals surface area contributed by atoms with Crippen LogP contribution in [0.25, 0.3) is 0 Å². The second-order valence-corrected chi connectivity index (χ2v) is 7.84. The predicted molar refractivity (Wildman–Crippen MR) is 110 cm³/mol. The van der Waals surface area contributed by atoms with E-state index in [0.717, 1.165) is 30.7 Å². The molecule has 0 atom stereocenters. The van der Waals surface area contributed by atoms with Gasteiger partial charge in [0, 0.05) is 25.1 Å². The van der Waals surface area contributed by atoms with Gasteiger partial charge in [0.15, 0.2) is 5.16 Å². The number of nitrogens with two attached hydrogens (primary N) is 1. The summed E-state index contributed by atoms with van der Waals surface area (Å²) in [5.41, 5.74) is 6.40. The summed E-state index contributed by atoms with van der Waals surface area (Å²) in [5, 5.41) is 9.08. The first-order valence-corrected chi connectivity index (χ1v) is 10.9. The average molecular weight is 418 g/mol. The zero-order valence-electron chi connectivity index (χ0n) is 16.7. The highest BCUT2D eigenvalue weighted by molar-refractivity contribution is 7.99. The van der Waals surface area contributed by atoms with Crippen molar-refractivity contribution >= 4 is 23.6 Å². The molecule has 2 N–H and O–H groups in total. The van der Waals surface area contributed by atoms with Gasteiger partial charge in [-0.1, -0.05) is 17.8 Å². The van der Waals surface area contributed by atoms with Crippen LogP contribution in [0.2, 0.25) is 0 Å². The molecule has 0 saturated carbocycles. The lowest BCUT2D eigenvalue weighted by atomic mass is 10.0. The molecule has 0 aliphatic heterocycles. The van der Waals surface area contributed by atoms with Crippen LogP contribution in [0.1, 0.15) is 50.6 Å². The fourth-order valence-electron chi connectivity index (χ4n) is 3.37. The van der Waals surface area contributed by atoms with Crippen molar-refractivity contribution in [3.05, 3.63) is 41.8 Å². The van der Waals surface area contributed by atoms with E-state index in [1.165, 1.54) is 18.2 Å². The molecule has 3 rings (SSSR count). The Morgan fingerprint density at radius 3 is 2.86 bits per heavy atom. The number of furan rings is 1. The third-order valence-electron chi connectivity index (χ3n) is 4.84. The van der Waals surface area contributed by atoms with Gasteiger partial charge in [-0.2, -0.15) is 0 Å². The minimum atomic E-state index is -0.388. The lowest BCUT2D eigenvalue weighted by Crippen LogP contribution is -2.32. The largest absolute Gasteiger partial charge is 0.467 e. The number of nitrogens with zero attached hydrogens (tertiary/aromatic N) is 4. The van der Waals surface area contributed by atoms with E-state index in [1.54, 1.807) is 6.26 Å². The molecule has 2 heterocycles. The molecule has 8 nitrogen and oxygen atoms in total. The van der Waals surface area contributed by atoms with Gasteiger partial charge >= 0.3 is 0 Å². The molecule has 0 unspecified atom stereocenters. The van der Waals surface area contributed by atoms with Gasteiger partial charge < -0.3 is 15.1 Å². The molecule has 156 valence electrons. The fraction of sp³-hybridized carbons (Fsp3) is 0.500. The van der Waals surface area contributed by atoms with Crippen LogP contribution >= 0.6 is 11.8 Å². The van der Waals surface area contributed by atoms with Crippen LogP contribution in [0.15, 0.2) is 39.7 Å². The maximum Gasteiger partial charge on any atom is 0.237 e. The van der Waals surface area contributed by atoms with Crippen molar-refractivity contribution in [2.45, 2.75) is 57.1 Å². The summed E-state index contributed by atoms with van der Waals surface area (Å²) in [6.45, 7) is 3.10. The zero-order valence-corrected chi connectivity index (χ0v) is 17.5. The third kappa shape index (κ3) is 5.72. The normalized spacial score (nSPS) is 13.9. The van der Waals surface area contributed by atoms with E-state index >= 15 is 0 Å². The number of carbonyl (C=O) groups excluding carboxylic acids is 2. The lowest BCUT2D eigenvalue weighted by molar-refractivity contribution is -0.126. The second kappa shape index (κ2) is 10.3. The number of hydrogen-bond donors (Lipinski definition) is 1. The van der Waals surface area contributed by atoms with Crippen LogP contribution in [0.5, 0.6) is 0 Å². The molecule has 0 saturated heterocycles. The molecule has 2 amide bonds. The summed E-state index contributed by atoms with van der Waals surface area (Å²) in [5.74, 6) is 1.36. The van der Waals surface area contributed by atoms with Crippen molar-refractivity contribution in [2.24, 2.45) is 5.73 Å². The monoisotopic (exact) mass is 417 g/mol. The van der Waals surface area contributed by atoms with Crippen molar-refractivity contribution in [1.82, 2.24) is 19.7 Å². The molecule has 1 aliphatic rings. The van der Waals surface area contributed by atoms with Crippen molar-refractivity contribution in [3.8, 4) is 0 Å². The number of allylic oxidation sites excluding steroid dienone is 2. The standard InChI is InChI=1S/C20H27N5O3S/c1-2-24(15-7-4-3-5-8-15)19(27)14-29-20-23-22-18(11-10-17(21)26)25(20)13-16-9-6-12-28-16/h6-7,9,12H,2-5,8,10-11,13-14H2,1H3,(H2,21,26). The topological polar surface area (TPSA) is 107 Å². The van der Waals surface area contributed by atoms with Crippen LogP contribution in [0, 0.1) is 0 Å². The average Bonchev–Trinajstić information content (AvgIpc) is 3.37. The maximum atomic E-state index is 12.8. The summed E-state index contributed by atoms with van der Waals surface area (Å²) in [7, 11) is 0. The summed E-state index contributed by atoms with van der Waals surface area (Å²) in [6.07, 6.45) is 8.68. The fourth-order valence-corrected chi connectivity index (χ4v) is 4.21. The predicted octanol–water partition coefficient (Wildman–Crippen LogP) is 2.74. The van der Waals surface area contributed by atoms with E-state index < -0.39 is 0 Å². The Balaban J connectivity index is 1.71. The lowest BCUT2D eigenvalue weighted by Gasteiger charge is -2.26. The zero-order chi connectivity index (χ0) is 20.6. The van der Waals surface area contributed by atoms with E-state index in [9.17, 15) is 9.59 Å². The minimum absolute atomic E-state index is 0.0666. The molecule has 0 bridgehead atoms. The summed E-state index contributed by atoms with van der Waals surface area (Å²) < 4.78 is 7.33. The third-order valence-corrected chi connectivity index (χ3v) is 5.79. The Kier molecular flexibility index (Phi) is 7.51. The SMILES string of the molecule is CCN(C(=O)CSc1nnc(CCC(N)=O)n1Cc1ccco1)C1=CCCCC1. The summed E-state index contributed by atoms with van der Waals surface area (Å²) >= 11 is 1.35. The number of rotatable bonds is 10. The van der Waals surface area contributed by atoms with E-state index in [-0.39, 0.29) is 24.0 Å². The molecule has 0 aromatic carbocycles. The van der Waals surface area contributed by atoms with Crippen LogP contribution in [0.3, 0.4) is 0 Å². The van der Waals surface area contributed by atoms with Crippen molar-refractivity contribution in [2.75, 3.05) is 12.3 Å². The van der Waals surface area contributed by atoms with Gasteiger partial charge in [-0.15, -0.1) is 10.2 Å². The number of aryl methyl sites for hydroxylation is 1. The molecule has 29 heavy (non-hydrogen) atoms. The van der Waals surface area contributed by atoms with Crippen molar-refractivity contribution in [3.63, 3.8) is 0 Å². The minimum Gasteiger partial charge on any atom is -0.467 e. The number of hydrogen-bond acceptors (Lipinski definition) is 6. The highest BCUT2D eigenvalue weighted by Gasteiger charge is 2.20. The van der Waals surface area contributed by atoms with Gasteiger partial charge in [-0.05, 0) is 44.7 Å². The smallest absolute Gasteiger partial charge is 0.237 e. The number of aromatic nitrogens is 3.